The van der Waals surface area contributed by atoms with Crippen LogP contribution in [-0.2, 0) is 9.59 Å². The highest BCUT2D eigenvalue weighted by Crippen LogP contribution is 2.25. The number of hydrogen-bond acceptors (Lipinski definition) is 3. The van der Waals surface area contributed by atoms with Gasteiger partial charge in [0.2, 0.25) is 11.8 Å². The largest absolute Gasteiger partial charge is 0.497 e. The number of carbonyl (C=O) groups excluding carboxylic acids is 2. The summed E-state index contributed by atoms with van der Waals surface area (Å²) in [4.78, 5) is 24.8. The molecular formula is C24H25BrN2O3. The first-order valence-corrected chi connectivity index (χ1v) is 10.6. The fourth-order valence-corrected chi connectivity index (χ4v) is 3.54. The fraction of sp³-hybridized carbons (Fsp3) is 0.250. The van der Waals surface area contributed by atoms with Gasteiger partial charge in [-0.3, -0.25) is 9.59 Å². The molecule has 30 heavy (non-hydrogen) atoms. The van der Waals surface area contributed by atoms with E-state index in [1.165, 1.54) is 0 Å². The van der Waals surface area contributed by atoms with Gasteiger partial charge in [-0.25, -0.2) is 0 Å². The van der Waals surface area contributed by atoms with E-state index in [-0.39, 0.29) is 30.7 Å². The van der Waals surface area contributed by atoms with Gasteiger partial charge in [0.1, 0.15) is 5.75 Å². The number of hydrogen-bond donors (Lipinski definition) is 2. The highest BCUT2D eigenvalue weighted by Gasteiger charge is 2.16. The molecule has 6 heteroatoms. The smallest absolute Gasteiger partial charge is 0.227 e. The molecule has 0 aliphatic rings. The first kappa shape index (κ1) is 21.8. The second kappa shape index (κ2) is 9.76. The van der Waals surface area contributed by atoms with Crippen molar-refractivity contribution in [3.05, 3.63) is 70.2 Å². The topological polar surface area (TPSA) is 67.4 Å². The van der Waals surface area contributed by atoms with Crippen LogP contribution in [0.5, 0.6) is 5.75 Å². The van der Waals surface area contributed by atoms with Crippen molar-refractivity contribution in [2.75, 3.05) is 19.0 Å². The molecule has 3 aromatic rings. The minimum Gasteiger partial charge on any atom is -0.497 e. The molecular weight excluding hydrogens is 444 g/mol. The minimum absolute atomic E-state index is 0.103. The quantitative estimate of drug-likeness (QED) is 0.502. The third-order valence-corrected chi connectivity index (χ3v) is 5.58. The van der Waals surface area contributed by atoms with Crippen LogP contribution >= 0.6 is 15.9 Å². The molecule has 2 amide bonds. The Labute approximate surface area is 184 Å². The molecule has 0 aromatic heterocycles. The van der Waals surface area contributed by atoms with Crippen molar-refractivity contribution in [2.45, 2.75) is 26.2 Å². The van der Waals surface area contributed by atoms with Crippen LogP contribution in [0.2, 0.25) is 0 Å². The maximum Gasteiger partial charge on any atom is 0.227 e. The van der Waals surface area contributed by atoms with Gasteiger partial charge >= 0.3 is 0 Å². The molecule has 0 aliphatic heterocycles. The van der Waals surface area contributed by atoms with Gasteiger partial charge in [-0.05, 0) is 60.0 Å². The average molecular weight is 469 g/mol. The van der Waals surface area contributed by atoms with E-state index in [0.717, 1.165) is 37.8 Å². The summed E-state index contributed by atoms with van der Waals surface area (Å²) >= 11 is 3.40. The third kappa shape index (κ3) is 5.39. The summed E-state index contributed by atoms with van der Waals surface area (Å²) < 4.78 is 6.15. The van der Waals surface area contributed by atoms with E-state index in [1.54, 1.807) is 7.11 Å². The number of rotatable bonds is 7. The lowest BCUT2D eigenvalue weighted by Gasteiger charge is -2.14. The number of anilines is 1. The number of carbonyl (C=O) groups is 2. The molecule has 0 heterocycles. The van der Waals surface area contributed by atoms with Crippen molar-refractivity contribution in [1.82, 2.24) is 5.32 Å². The van der Waals surface area contributed by atoms with Crippen LogP contribution in [0.1, 0.15) is 30.4 Å². The lowest BCUT2D eigenvalue weighted by Crippen LogP contribution is -2.31. The van der Waals surface area contributed by atoms with Gasteiger partial charge in [-0.2, -0.15) is 0 Å². The number of ether oxygens (including phenoxy) is 1. The monoisotopic (exact) mass is 468 g/mol. The molecule has 156 valence electrons. The normalized spacial score (nSPS) is 11.7. The minimum atomic E-state index is -0.313. The summed E-state index contributed by atoms with van der Waals surface area (Å²) in [6.45, 7) is 4.09. The van der Waals surface area contributed by atoms with Crippen LogP contribution in [0.3, 0.4) is 0 Å². The molecule has 0 unspecified atom stereocenters. The number of amides is 2. The molecule has 0 saturated carbocycles. The first-order chi connectivity index (χ1) is 14.4. The second-order valence-electron chi connectivity index (χ2n) is 7.24. The van der Waals surface area contributed by atoms with Crippen molar-refractivity contribution >= 4 is 44.2 Å². The molecule has 0 bridgehead atoms. The molecule has 1 atom stereocenters. The van der Waals surface area contributed by atoms with E-state index < -0.39 is 0 Å². The van der Waals surface area contributed by atoms with Gasteiger partial charge in [0.05, 0.1) is 13.0 Å². The number of halogens is 1. The third-order valence-electron chi connectivity index (χ3n) is 5.09. The molecule has 3 rings (SSSR count). The lowest BCUT2D eigenvalue weighted by atomic mass is 9.97. The molecule has 3 aromatic carbocycles. The van der Waals surface area contributed by atoms with Gasteiger partial charge in [0.15, 0.2) is 0 Å². The number of methoxy groups -OCH3 is 1. The summed E-state index contributed by atoms with van der Waals surface area (Å²) in [5, 5.41) is 7.86. The Morgan fingerprint density at radius 1 is 1.03 bits per heavy atom. The lowest BCUT2D eigenvalue weighted by molar-refractivity contribution is -0.122. The highest BCUT2D eigenvalue weighted by molar-refractivity contribution is 9.10. The van der Waals surface area contributed by atoms with Crippen molar-refractivity contribution in [3.8, 4) is 5.75 Å². The standard InChI is InChI=1S/C24H25BrN2O3/c1-15-4-8-20(25)14-22(15)27-23(28)10-11-26-24(29)16(2)17-5-6-19-13-21(30-3)9-7-18(19)12-17/h4-9,12-14,16H,10-11H2,1-3H3,(H,26,29)(H,27,28)/t16-/m0/s1. The zero-order valence-corrected chi connectivity index (χ0v) is 18.9. The predicted molar refractivity (Wildman–Crippen MR) is 124 cm³/mol. The first-order valence-electron chi connectivity index (χ1n) is 9.79. The zero-order valence-electron chi connectivity index (χ0n) is 17.3. The number of fused-ring (bicyclic) bond motifs is 1. The molecule has 2 N–H and O–H groups in total. The van der Waals surface area contributed by atoms with E-state index in [9.17, 15) is 9.59 Å². The van der Waals surface area contributed by atoms with Crippen molar-refractivity contribution in [3.63, 3.8) is 0 Å². The zero-order chi connectivity index (χ0) is 21.7. The number of nitrogens with one attached hydrogen (secondary N) is 2. The van der Waals surface area contributed by atoms with Gasteiger partial charge in [0.25, 0.3) is 0 Å². The van der Waals surface area contributed by atoms with E-state index in [0.29, 0.717) is 0 Å². The van der Waals surface area contributed by atoms with Gasteiger partial charge in [0, 0.05) is 23.1 Å². The summed E-state index contributed by atoms with van der Waals surface area (Å²) in [5.41, 5.74) is 2.68. The van der Waals surface area contributed by atoms with Crippen LogP contribution in [0.15, 0.2) is 59.1 Å². The van der Waals surface area contributed by atoms with Crippen molar-refractivity contribution < 1.29 is 14.3 Å². The molecule has 0 spiro atoms. The summed E-state index contributed by atoms with van der Waals surface area (Å²) in [7, 11) is 1.64. The maximum absolute atomic E-state index is 12.5. The fourth-order valence-electron chi connectivity index (χ4n) is 3.18. The molecule has 0 radical (unpaired) electrons. The Morgan fingerprint density at radius 2 is 1.77 bits per heavy atom. The Kier molecular flexibility index (Phi) is 7.11. The van der Waals surface area contributed by atoms with E-state index in [2.05, 4.69) is 26.6 Å². The molecule has 5 nitrogen and oxygen atoms in total. The van der Waals surface area contributed by atoms with Crippen LogP contribution < -0.4 is 15.4 Å². The molecule has 0 aliphatic carbocycles. The predicted octanol–water partition coefficient (Wildman–Crippen LogP) is 5.17. The Morgan fingerprint density at radius 3 is 2.53 bits per heavy atom. The second-order valence-corrected chi connectivity index (χ2v) is 8.16. The summed E-state index contributed by atoms with van der Waals surface area (Å²) in [6, 6.07) is 17.5. The van der Waals surface area contributed by atoms with Crippen molar-refractivity contribution in [1.29, 1.82) is 0 Å². The van der Waals surface area contributed by atoms with E-state index in [4.69, 9.17) is 4.74 Å². The number of benzene rings is 3. The van der Waals surface area contributed by atoms with Crippen LogP contribution in [0.4, 0.5) is 5.69 Å². The van der Waals surface area contributed by atoms with E-state index >= 15 is 0 Å². The van der Waals surface area contributed by atoms with Gasteiger partial charge in [-0.1, -0.05) is 46.3 Å². The Balaban J connectivity index is 1.54. The van der Waals surface area contributed by atoms with Crippen LogP contribution in [0, 0.1) is 6.92 Å². The van der Waals surface area contributed by atoms with Crippen LogP contribution in [-0.4, -0.2) is 25.5 Å². The Hall–Kier alpha value is -2.86. The maximum atomic E-state index is 12.5. The SMILES string of the molecule is COc1ccc2cc([C@H](C)C(=O)NCCC(=O)Nc3cc(Br)ccc3C)ccc2c1. The van der Waals surface area contributed by atoms with Crippen LogP contribution in [0.25, 0.3) is 10.8 Å². The van der Waals surface area contributed by atoms with Crippen molar-refractivity contribution in [2.24, 2.45) is 0 Å². The molecule has 0 saturated heterocycles. The average Bonchev–Trinajstić information content (AvgIpc) is 2.74. The Bertz CT molecular complexity index is 1080. The number of aryl methyl sites for hydroxylation is 1. The van der Waals surface area contributed by atoms with E-state index in [1.807, 2.05) is 68.4 Å². The van der Waals surface area contributed by atoms with Gasteiger partial charge < -0.3 is 15.4 Å². The van der Waals surface area contributed by atoms with Gasteiger partial charge in [-0.15, -0.1) is 0 Å². The highest BCUT2D eigenvalue weighted by atomic mass is 79.9. The summed E-state index contributed by atoms with van der Waals surface area (Å²) in [5.74, 6) is 0.252. The summed E-state index contributed by atoms with van der Waals surface area (Å²) in [6.07, 6.45) is 0.210. The molecule has 0 fully saturated rings.